The number of hydrogen-bond donors (Lipinski definition) is 7. The van der Waals surface area contributed by atoms with Crippen molar-refractivity contribution < 1.29 is 88.1 Å². The molecule has 18 nitrogen and oxygen atoms in total. The van der Waals surface area contributed by atoms with Crippen molar-refractivity contribution in [1.29, 1.82) is 0 Å². The van der Waals surface area contributed by atoms with Gasteiger partial charge < -0.3 is 68.9 Å². The quantitative estimate of drug-likeness (QED) is 0.0670. The Morgan fingerprint density at radius 1 is 0.875 bits per heavy atom. The van der Waals surface area contributed by atoms with Crippen molar-refractivity contribution >= 4 is 46.7 Å². The molecule has 0 aromatic heterocycles. The van der Waals surface area contributed by atoms with Crippen LogP contribution in [0, 0.1) is 17.8 Å². The minimum Gasteiger partial charge on any atom is -0.505 e. The summed E-state index contributed by atoms with van der Waals surface area (Å²) in [4.78, 5) is 53.1. The molecule has 15 atom stereocenters. The molecule has 1 aromatic rings. The predicted octanol–water partition coefficient (Wildman–Crippen LogP) is 5.69. The zero-order valence-electron chi connectivity index (χ0n) is 42.6. The van der Waals surface area contributed by atoms with Crippen LogP contribution in [-0.4, -0.2) is 153 Å². The minimum atomic E-state index is -2.01. The Bertz CT molecular complexity index is 2250. The van der Waals surface area contributed by atoms with Gasteiger partial charge in [0.05, 0.1) is 59.2 Å². The first-order chi connectivity index (χ1) is 33.8. The Kier molecular flexibility index (Phi) is 22.7. The van der Waals surface area contributed by atoms with E-state index in [1.165, 1.54) is 33.1 Å². The normalized spacial score (nSPS) is 35.1. The van der Waals surface area contributed by atoms with Gasteiger partial charge in [0.2, 0.25) is 0 Å². The van der Waals surface area contributed by atoms with Crippen molar-refractivity contribution in [3.05, 3.63) is 79.9 Å². The number of allylic oxidation sites excluding steroid dienone is 4. The Morgan fingerprint density at radius 2 is 1.53 bits per heavy atom. The molecule has 1 aromatic carbocycles. The smallest absolute Gasteiger partial charge is 0.337 e. The maximum absolute atomic E-state index is 13.9. The summed E-state index contributed by atoms with van der Waals surface area (Å²) in [6.45, 7) is 16.0. The third-order valence-electron chi connectivity index (χ3n) is 13.2. The van der Waals surface area contributed by atoms with Gasteiger partial charge in [0.15, 0.2) is 42.1 Å². The molecule has 7 N–H and O–H groups in total. The number of carbonyl (C=O) groups is 4. The molecule has 2 saturated heterocycles. The number of Topliss-reactive ketones (excluding diaryl/α,β-unsaturated/α-hetero) is 2. The second-order valence-corrected chi connectivity index (χ2v) is 19.6. The largest absolute Gasteiger partial charge is 0.505 e. The average molecular weight is 1060 g/mol. The van der Waals surface area contributed by atoms with E-state index in [2.05, 4.69) is 0 Å². The zero-order chi connectivity index (χ0) is 54.0. The van der Waals surface area contributed by atoms with Crippen molar-refractivity contribution in [2.75, 3.05) is 13.7 Å². The maximum atomic E-state index is 13.9. The molecule has 0 saturated carbocycles. The van der Waals surface area contributed by atoms with Crippen LogP contribution >= 0.6 is 23.2 Å². The van der Waals surface area contributed by atoms with Gasteiger partial charge in [0.25, 0.3) is 0 Å². The molecule has 0 spiro atoms. The number of phenolic OH excluding ortho intramolecular Hbond substituents is 2. The average Bonchev–Trinajstić information content (AvgIpc) is 3.32. The highest BCUT2D eigenvalue weighted by Gasteiger charge is 2.50. The molecule has 3 aliphatic rings. The van der Waals surface area contributed by atoms with Crippen molar-refractivity contribution in [2.24, 2.45) is 17.8 Å². The Balaban J connectivity index is 1.61. The molecule has 4 rings (SSSR count). The second kappa shape index (κ2) is 27.0. The van der Waals surface area contributed by atoms with Gasteiger partial charge in [0.1, 0.15) is 35.2 Å². The van der Waals surface area contributed by atoms with Crippen LogP contribution in [0.4, 0.5) is 0 Å². The van der Waals surface area contributed by atoms with Gasteiger partial charge in [-0.05, 0) is 83.6 Å². The first-order valence-corrected chi connectivity index (χ1v) is 24.8. The SMILES string of the molecule is CCc1c(Cl)c(O)c(Cl)c(O)c1C(=O)[C@@H](O)[C@H]1[C@H](O)[C@H](OC)[C@@H](OC/C2=C/C=C\C[C@H](O)/C(C)=C\[C@H](CC)[C@H](O[C@H]3O[C@@H](C)[C@H](OC(=O)C(C)C)[C@H](O)[C@H]3O)/C(C)=C\C(C)=C/C[C@H](C(C)=O)OC2=O)O[C@H]1C. The van der Waals surface area contributed by atoms with E-state index in [0.717, 1.165) is 0 Å². The predicted molar refractivity (Wildman–Crippen MR) is 264 cm³/mol. The fourth-order valence-corrected chi connectivity index (χ4v) is 9.39. The van der Waals surface area contributed by atoms with Crippen molar-refractivity contribution in [3.63, 3.8) is 0 Å². The first kappa shape index (κ1) is 60.5. The molecular formula is C52H72Cl2O18. The Hall–Kier alpha value is -4.02. The maximum Gasteiger partial charge on any atom is 0.337 e. The number of cyclic esters (lactones) is 1. The number of methoxy groups -OCH3 is 1. The van der Waals surface area contributed by atoms with Crippen LogP contribution in [-0.2, 0) is 54.0 Å². The number of rotatable bonds is 14. The molecule has 0 aliphatic carbocycles. The highest BCUT2D eigenvalue weighted by atomic mass is 35.5. The van der Waals surface area contributed by atoms with Crippen LogP contribution in [0.25, 0.3) is 0 Å². The standard InChI is InChI=1S/C52H72Cl2O18/c1-12-30-21-25(6)33(56)17-15-14-16-31(22-67-52-48(66-11)42(60)35(28(9)68-52)40(58)41(59)36-32(13-2)37(53)43(61)38(54)39(36)57)50(65)70-34(27(8)55)19-18-24(5)20-26(7)46(30)72-51-45(63)44(62)47(29(10)69-51)71-49(64)23(3)4/h14-16,18,20-21,23,28-30,33-35,40,42,44-48,51-52,56-58,60-63H,12-13,17,19,22H2,1-11H3/b15-14-,24-18-,25-21-,26-20-,31-16-/t28-,29-,30-,33-,34+,35-,40-,42-,44+,45+,46+,47-,48-,51+,52-/m0/s1. The molecule has 72 heavy (non-hydrogen) atoms. The van der Waals surface area contributed by atoms with Gasteiger partial charge in [0, 0.05) is 25.4 Å². The lowest BCUT2D eigenvalue weighted by atomic mass is 9.81. The zero-order valence-corrected chi connectivity index (χ0v) is 44.1. The molecule has 3 heterocycles. The van der Waals surface area contributed by atoms with Gasteiger partial charge in [-0.3, -0.25) is 14.4 Å². The van der Waals surface area contributed by atoms with Crippen molar-refractivity contribution in [2.45, 2.75) is 175 Å². The molecule has 402 valence electrons. The number of aliphatic hydroxyl groups is 5. The number of ether oxygens (including phenoxy) is 7. The van der Waals surface area contributed by atoms with E-state index in [9.17, 15) is 54.9 Å². The van der Waals surface area contributed by atoms with E-state index in [1.54, 1.807) is 66.7 Å². The van der Waals surface area contributed by atoms with E-state index in [-0.39, 0.29) is 35.4 Å². The summed E-state index contributed by atoms with van der Waals surface area (Å²) in [5.74, 6) is -6.72. The topological polar surface area (TPSA) is 274 Å². The van der Waals surface area contributed by atoms with E-state index < -0.39 is 150 Å². The molecular weight excluding hydrogens is 983 g/mol. The fraction of sp³-hybridized carbons (Fsp3) is 0.615. The van der Waals surface area contributed by atoms with Crippen molar-refractivity contribution in [3.8, 4) is 11.5 Å². The van der Waals surface area contributed by atoms with Crippen LogP contribution in [0.2, 0.25) is 10.0 Å². The van der Waals surface area contributed by atoms with E-state index in [0.29, 0.717) is 23.1 Å². The van der Waals surface area contributed by atoms with E-state index >= 15 is 0 Å². The van der Waals surface area contributed by atoms with Crippen LogP contribution in [0.1, 0.15) is 104 Å². The number of carbonyl (C=O) groups excluding carboxylic acids is 4. The number of benzene rings is 1. The number of halogens is 2. The minimum absolute atomic E-state index is 0.0165. The summed E-state index contributed by atoms with van der Waals surface area (Å²) < 4.78 is 41.4. The summed E-state index contributed by atoms with van der Waals surface area (Å²) in [6, 6.07) is 0. The molecule has 20 heteroatoms. The Morgan fingerprint density at radius 3 is 2.12 bits per heavy atom. The third kappa shape index (κ3) is 14.4. The molecule has 2 fully saturated rings. The van der Waals surface area contributed by atoms with Crippen molar-refractivity contribution in [1.82, 2.24) is 0 Å². The van der Waals surface area contributed by atoms with Crippen LogP contribution in [0.5, 0.6) is 11.5 Å². The summed E-state index contributed by atoms with van der Waals surface area (Å²) in [5, 5.41) is 76.9. The van der Waals surface area contributed by atoms with E-state index in [1.807, 2.05) is 13.0 Å². The lowest BCUT2D eigenvalue weighted by Gasteiger charge is -2.44. The van der Waals surface area contributed by atoms with Gasteiger partial charge in [-0.25, -0.2) is 4.79 Å². The second-order valence-electron chi connectivity index (χ2n) is 18.9. The van der Waals surface area contributed by atoms with E-state index in [4.69, 9.17) is 56.4 Å². The number of esters is 2. The molecule has 0 unspecified atom stereocenters. The number of hydrogen-bond acceptors (Lipinski definition) is 18. The summed E-state index contributed by atoms with van der Waals surface area (Å²) in [5.41, 5.74) is 1.36. The van der Waals surface area contributed by atoms with Gasteiger partial charge in [-0.2, -0.15) is 0 Å². The lowest BCUT2D eigenvalue weighted by Crippen LogP contribution is -2.59. The van der Waals surface area contributed by atoms with Gasteiger partial charge >= 0.3 is 11.9 Å². The number of aromatic hydroxyl groups is 2. The Labute approximate surface area is 430 Å². The van der Waals surface area contributed by atoms with Gasteiger partial charge in [-0.15, -0.1) is 0 Å². The number of aliphatic hydroxyl groups excluding tert-OH is 5. The molecule has 0 bridgehead atoms. The van der Waals surface area contributed by atoms with Crippen LogP contribution < -0.4 is 0 Å². The van der Waals surface area contributed by atoms with Crippen LogP contribution in [0.3, 0.4) is 0 Å². The third-order valence-corrected chi connectivity index (χ3v) is 14.0. The number of ketones is 2. The van der Waals surface area contributed by atoms with Crippen LogP contribution in [0.15, 0.2) is 58.7 Å². The number of phenols is 2. The monoisotopic (exact) mass is 1050 g/mol. The fourth-order valence-electron chi connectivity index (χ4n) is 8.83. The molecule has 3 aliphatic heterocycles. The highest BCUT2D eigenvalue weighted by Crippen LogP contribution is 2.46. The lowest BCUT2D eigenvalue weighted by molar-refractivity contribution is -0.305. The first-order valence-electron chi connectivity index (χ1n) is 24.1. The molecule has 0 amide bonds. The summed E-state index contributed by atoms with van der Waals surface area (Å²) >= 11 is 12.3. The summed E-state index contributed by atoms with van der Waals surface area (Å²) in [7, 11) is 1.23. The molecule has 0 radical (unpaired) electrons. The summed E-state index contributed by atoms with van der Waals surface area (Å²) in [6.07, 6.45) is -6.60. The highest BCUT2D eigenvalue weighted by molar-refractivity contribution is 6.39. The van der Waals surface area contributed by atoms with Gasteiger partial charge in [-0.1, -0.05) is 86.9 Å².